The Kier molecular flexibility index (Phi) is 5.07. The van der Waals surface area contributed by atoms with Crippen molar-refractivity contribution in [3.63, 3.8) is 0 Å². The minimum Gasteiger partial charge on any atom is -0.392 e. The quantitative estimate of drug-likeness (QED) is 0.799. The molecule has 0 saturated carbocycles. The van der Waals surface area contributed by atoms with Crippen LogP contribution in [0.3, 0.4) is 0 Å². The first-order valence-corrected chi connectivity index (χ1v) is 7.23. The molecule has 0 aliphatic rings. The maximum atomic E-state index is 12.4. The van der Waals surface area contributed by atoms with E-state index >= 15 is 0 Å². The molecule has 0 fully saturated rings. The fourth-order valence-electron chi connectivity index (χ4n) is 1.79. The summed E-state index contributed by atoms with van der Waals surface area (Å²) in [4.78, 5) is 0.248. The van der Waals surface area contributed by atoms with Gasteiger partial charge in [-0.15, -0.1) is 6.58 Å². The van der Waals surface area contributed by atoms with Gasteiger partial charge in [0.2, 0.25) is 10.0 Å². The third-order valence-corrected chi connectivity index (χ3v) is 4.96. The normalized spacial score (nSPS) is 11.8. The number of hydrogen-bond donors (Lipinski definition) is 1. The van der Waals surface area contributed by atoms with E-state index < -0.39 is 10.0 Å². The lowest BCUT2D eigenvalue weighted by atomic mass is 10.1. The highest BCUT2D eigenvalue weighted by Gasteiger charge is 2.24. The van der Waals surface area contributed by atoms with Gasteiger partial charge in [-0.1, -0.05) is 25.1 Å². The summed E-state index contributed by atoms with van der Waals surface area (Å²) in [7, 11) is -3.53. The maximum absolute atomic E-state index is 12.4. The van der Waals surface area contributed by atoms with Crippen LogP contribution in [0.5, 0.6) is 0 Å². The van der Waals surface area contributed by atoms with Crippen molar-refractivity contribution < 1.29 is 13.5 Å². The van der Waals surface area contributed by atoms with Gasteiger partial charge in [-0.3, -0.25) is 0 Å². The van der Waals surface area contributed by atoms with E-state index in [0.717, 1.165) is 0 Å². The lowest BCUT2D eigenvalue weighted by Crippen LogP contribution is -2.31. The van der Waals surface area contributed by atoms with Crippen molar-refractivity contribution in [3.8, 4) is 0 Å². The SMILES string of the molecule is C=CCN(CC)S(=O)(=O)c1cccc(CO)c1C. The molecule has 0 aliphatic heterocycles. The molecule has 0 aromatic heterocycles. The smallest absolute Gasteiger partial charge is 0.243 e. The molecule has 0 saturated heterocycles. The summed E-state index contributed by atoms with van der Waals surface area (Å²) < 4.78 is 26.2. The van der Waals surface area contributed by atoms with Gasteiger partial charge in [-0.2, -0.15) is 4.31 Å². The molecule has 0 bridgehead atoms. The molecule has 0 atom stereocenters. The Morgan fingerprint density at radius 3 is 2.61 bits per heavy atom. The van der Waals surface area contributed by atoms with Gasteiger partial charge in [-0.05, 0) is 24.1 Å². The summed E-state index contributed by atoms with van der Waals surface area (Å²) in [6.45, 7) is 7.56. The third kappa shape index (κ3) is 2.80. The first-order valence-electron chi connectivity index (χ1n) is 5.79. The molecule has 1 aromatic carbocycles. The van der Waals surface area contributed by atoms with Crippen molar-refractivity contribution in [3.05, 3.63) is 42.0 Å². The predicted octanol–water partition coefficient (Wildman–Crippen LogP) is 1.68. The highest BCUT2D eigenvalue weighted by Crippen LogP contribution is 2.22. The Labute approximate surface area is 109 Å². The Balaban J connectivity index is 3.31. The van der Waals surface area contributed by atoms with Gasteiger partial charge in [0.05, 0.1) is 11.5 Å². The minimum atomic E-state index is -3.53. The second kappa shape index (κ2) is 6.13. The third-order valence-electron chi connectivity index (χ3n) is 2.87. The average molecular weight is 269 g/mol. The molecule has 4 nitrogen and oxygen atoms in total. The van der Waals surface area contributed by atoms with Crippen LogP contribution in [0.1, 0.15) is 18.1 Å². The van der Waals surface area contributed by atoms with Gasteiger partial charge in [0.15, 0.2) is 0 Å². The van der Waals surface area contributed by atoms with Crippen LogP contribution in [0, 0.1) is 6.92 Å². The molecular formula is C13H19NO3S. The van der Waals surface area contributed by atoms with Crippen molar-refractivity contribution in [2.75, 3.05) is 13.1 Å². The Bertz CT molecular complexity index is 523. The zero-order chi connectivity index (χ0) is 13.8. The monoisotopic (exact) mass is 269 g/mol. The molecule has 0 amide bonds. The molecule has 0 heterocycles. The molecule has 100 valence electrons. The molecule has 5 heteroatoms. The van der Waals surface area contributed by atoms with Crippen LogP contribution < -0.4 is 0 Å². The van der Waals surface area contributed by atoms with E-state index in [1.165, 1.54) is 4.31 Å². The molecule has 0 radical (unpaired) electrons. The summed E-state index contributed by atoms with van der Waals surface area (Å²) in [5, 5.41) is 9.18. The van der Waals surface area contributed by atoms with Crippen LogP contribution >= 0.6 is 0 Å². The molecule has 18 heavy (non-hydrogen) atoms. The molecule has 0 unspecified atom stereocenters. The number of rotatable bonds is 6. The minimum absolute atomic E-state index is 0.164. The number of sulfonamides is 1. The van der Waals surface area contributed by atoms with Crippen molar-refractivity contribution in [1.29, 1.82) is 0 Å². The number of nitrogens with zero attached hydrogens (tertiary/aromatic N) is 1. The molecule has 0 aliphatic carbocycles. The highest BCUT2D eigenvalue weighted by molar-refractivity contribution is 7.89. The fraction of sp³-hybridized carbons (Fsp3) is 0.385. The molecule has 1 aromatic rings. The van der Waals surface area contributed by atoms with Crippen LogP contribution in [0.4, 0.5) is 0 Å². The number of likely N-dealkylation sites (N-methyl/N-ethyl adjacent to an activating group) is 1. The van der Waals surface area contributed by atoms with Gasteiger partial charge in [0.1, 0.15) is 0 Å². The average Bonchev–Trinajstić information content (AvgIpc) is 2.35. The van der Waals surface area contributed by atoms with E-state index in [1.807, 2.05) is 0 Å². The number of aliphatic hydroxyl groups excluding tert-OH is 1. The van der Waals surface area contributed by atoms with Gasteiger partial charge in [0, 0.05) is 13.1 Å². The number of aliphatic hydroxyl groups is 1. The first-order chi connectivity index (χ1) is 8.48. The van der Waals surface area contributed by atoms with Gasteiger partial charge < -0.3 is 5.11 Å². The van der Waals surface area contributed by atoms with E-state index in [-0.39, 0.29) is 18.0 Å². The van der Waals surface area contributed by atoms with E-state index in [1.54, 1.807) is 38.1 Å². The first kappa shape index (κ1) is 14.9. The summed E-state index contributed by atoms with van der Waals surface area (Å²) in [6.07, 6.45) is 1.56. The lowest BCUT2D eigenvalue weighted by molar-refractivity contribution is 0.280. The fourth-order valence-corrected chi connectivity index (χ4v) is 3.48. The van der Waals surface area contributed by atoms with E-state index in [4.69, 9.17) is 0 Å². The summed E-state index contributed by atoms with van der Waals surface area (Å²) in [5.74, 6) is 0. The summed E-state index contributed by atoms with van der Waals surface area (Å²) in [6, 6.07) is 4.93. The van der Waals surface area contributed by atoms with Crippen molar-refractivity contribution in [1.82, 2.24) is 4.31 Å². The standard InChI is InChI=1S/C13H19NO3S/c1-4-9-14(5-2)18(16,17)13-8-6-7-12(10-15)11(13)3/h4,6-8,15H,1,5,9-10H2,2-3H3. The summed E-state index contributed by atoms with van der Waals surface area (Å²) in [5.41, 5.74) is 1.23. The van der Waals surface area contributed by atoms with Crippen molar-refractivity contribution in [2.45, 2.75) is 25.3 Å². The topological polar surface area (TPSA) is 57.6 Å². The highest BCUT2D eigenvalue weighted by atomic mass is 32.2. The van der Waals surface area contributed by atoms with Gasteiger partial charge in [0.25, 0.3) is 0 Å². The van der Waals surface area contributed by atoms with Gasteiger partial charge >= 0.3 is 0 Å². The van der Waals surface area contributed by atoms with Crippen LogP contribution in [0.2, 0.25) is 0 Å². The van der Waals surface area contributed by atoms with Crippen molar-refractivity contribution in [2.24, 2.45) is 0 Å². The lowest BCUT2D eigenvalue weighted by Gasteiger charge is -2.20. The van der Waals surface area contributed by atoms with E-state index in [2.05, 4.69) is 6.58 Å². The Morgan fingerprint density at radius 2 is 2.11 bits per heavy atom. The maximum Gasteiger partial charge on any atom is 0.243 e. The van der Waals surface area contributed by atoms with Crippen LogP contribution in [-0.2, 0) is 16.6 Å². The second-order valence-electron chi connectivity index (χ2n) is 3.94. The number of benzene rings is 1. The van der Waals surface area contributed by atoms with Crippen molar-refractivity contribution >= 4 is 10.0 Å². The number of hydrogen-bond acceptors (Lipinski definition) is 3. The van der Waals surface area contributed by atoms with Crippen LogP contribution in [0.15, 0.2) is 35.7 Å². The zero-order valence-corrected chi connectivity index (χ0v) is 11.6. The van der Waals surface area contributed by atoms with E-state index in [9.17, 15) is 13.5 Å². The molecule has 0 spiro atoms. The Hall–Kier alpha value is -1.17. The summed E-state index contributed by atoms with van der Waals surface area (Å²) >= 11 is 0. The van der Waals surface area contributed by atoms with Gasteiger partial charge in [-0.25, -0.2) is 8.42 Å². The molecule has 1 N–H and O–H groups in total. The predicted molar refractivity (Wildman–Crippen MR) is 71.7 cm³/mol. The largest absolute Gasteiger partial charge is 0.392 e. The van der Waals surface area contributed by atoms with Crippen LogP contribution in [0.25, 0.3) is 0 Å². The zero-order valence-electron chi connectivity index (χ0n) is 10.8. The molecule has 1 rings (SSSR count). The second-order valence-corrected chi connectivity index (χ2v) is 5.85. The Morgan fingerprint density at radius 1 is 1.44 bits per heavy atom. The molecular weight excluding hydrogens is 250 g/mol. The van der Waals surface area contributed by atoms with E-state index in [0.29, 0.717) is 17.7 Å². The van der Waals surface area contributed by atoms with Crippen LogP contribution in [-0.4, -0.2) is 30.9 Å².